The molecule has 2 atom stereocenters. The van der Waals surface area contributed by atoms with E-state index in [0.29, 0.717) is 37.7 Å². The number of halogens is 4. The van der Waals surface area contributed by atoms with E-state index in [1.807, 2.05) is 11.6 Å². The average Bonchev–Trinajstić information content (AvgIpc) is 3.37. The van der Waals surface area contributed by atoms with Crippen molar-refractivity contribution in [1.29, 1.82) is 0 Å². The van der Waals surface area contributed by atoms with Crippen molar-refractivity contribution >= 4 is 16.1 Å². The van der Waals surface area contributed by atoms with Gasteiger partial charge in [0, 0.05) is 12.0 Å². The summed E-state index contributed by atoms with van der Waals surface area (Å²) >= 11 is 0. The topological polar surface area (TPSA) is 84.2 Å². The molecular formula is C28H29F4N3O3S. The van der Waals surface area contributed by atoms with Crippen molar-refractivity contribution in [2.24, 2.45) is 5.41 Å². The first-order valence-electron chi connectivity index (χ1n) is 12.7. The first-order chi connectivity index (χ1) is 18.3. The minimum absolute atomic E-state index is 0.263. The summed E-state index contributed by atoms with van der Waals surface area (Å²) in [6.07, 6.45) is 1.66. The van der Waals surface area contributed by atoms with Crippen molar-refractivity contribution in [3.63, 3.8) is 0 Å². The van der Waals surface area contributed by atoms with E-state index in [9.17, 15) is 31.1 Å². The number of benzene rings is 2. The van der Waals surface area contributed by atoms with Crippen LogP contribution in [0.3, 0.4) is 0 Å². The van der Waals surface area contributed by atoms with Crippen molar-refractivity contribution in [3.8, 4) is 5.69 Å². The van der Waals surface area contributed by atoms with Crippen LogP contribution in [0.15, 0.2) is 60.3 Å². The fourth-order valence-corrected chi connectivity index (χ4v) is 6.80. The van der Waals surface area contributed by atoms with Crippen molar-refractivity contribution in [2.75, 3.05) is 5.75 Å². The summed E-state index contributed by atoms with van der Waals surface area (Å²) in [5.74, 6) is -2.26. The molecule has 1 heterocycles. The summed E-state index contributed by atoms with van der Waals surface area (Å²) in [6.45, 7) is 1.78. The summed E-state index contributed by atoms with van der Waals surface area (Å²) < 4.78 is 78.7. The van der Waals surface area contributed by atoms with Gasteiger partial charge in [-0.2, -0.15) is 18.3 Å². The number of sulfonamides is 1. The third-order valence-corrected chi connectivity index (χ3v) is 9.41. The predicted molar refractivity (Wildman–Crippen MR) is 139 cm³/mol. The summed E-state index contributed by atoms with van der Waals surface area (Å²) in [4.78, 5) is 0. The van der Waals surface area contributed by atoms with Crippen LogP contribution < -0.4 is 4.72 Å². The standard InChI is InChI=1S/C28H29F4N3O3S/c1-26-15-21-16-33-35(24-8-6-23(29)7-9-24)25(21)14-22(26)11-13-27(26,36)12-10-19-4-2-3-5-20(19)17-34-39(37,38)18-28(30,31)32/h2-9,14,16,34,36H,10-13,15,17-18H2,1H3/t26-,27-/m0/s1. The molecule has 6 nitrogen and oxygen atoms in total. The van der Waals surface area contributed by atoms with Crippen LogP contribution in [0.25, 0.3) is 11.8 Å². The smallest absolute Gasteiger partial charge is 0.389 e. The minimum Gasteiger partial charge on any atom is -0.389 e. The zero-order valence-corrected chi connectivity index (χ0v) is 22.1. The molecule has 208 valence electrons. The second-order valence-corrected chi connectivity index (χ2v) is 12.4. The molecule has 0 radical (unpaired) electrons. The number of hydrogen-bond donors (Lipinski definition) is 2. The van der Waals surface area contributed by atoms with Gasteiger partial charge in [-0.1, -0.05) is 36.8 Å². The molecule has 39 heavy (non-hydrogen) atoms. The normalized spacial score (nSPS) is 22.9. The lowest BCUT2D eigenvalue weighted by Crippen LogP contribution is -2.45. The van der Waals surface area contributed by atoms with Gasteiger partial charge in [0.15, 0.2) is 5.75 Å². The van der Waals surface area contributed by atoms with Crippen LogP contribution in [0.5, 0.6) is 0 Å². The van der Waals surface area contributed by atoms with E-state index >= 15 is 0 Å². The number of alkyl halides is 3. The second kappa shape index (κ2) is 9.87. The molecule has 2 aliphatic rings. The Morgan fingerprint density at radius 3 is 2.49 bits per heavy atom. The van der Waals surface area contributed by atoms with E-state index in [2.05, 4.69) is 11.2 Å². The molecule has 2 aromatic carbocycles. The minimum atomic E-state index is -4.83. The highest BCUT2D eigenvalue weighted by molar-refractivity contribution is 7.89. The van der Waals surface area contributed by atoms with Crippen LogP contribution in [0, 0.1) is 11.2 Å². The molecule has 0 unspecified atom stereocenters. The Morgan fingerprint density at radius 1 is 1.10 bits per heavy atom. The molecule has 0 spiro atoms. The van der Waals surface area contributed by atoms with Gasteiger partial charge in [-0.15, -0.1) is 0 Å². The molecule has 2 N–H and O–H groups in total. The molecule has 0 aliphatic heterocycles. The van der Waals surface area contributed by atoms with E-state index in [1.54, 1.807) is 47.3 Å². The van der Waals surface area contributed by atoms with E-state index in [4.69, 9.17) is 0 Å². The average molecular weight is 564 g/mol. The number of aryl methyl sites for hydroxylation is 1. The van der Waals surface area contributed by atoms with E-state index in [0.717, 1.165) is 28.1 Å². The van der Waals surface area contributed by atoms with Crippen LogP contribution in [0.2, 0.25) is 0 Å². The number of aromatic nitrogens is 2. The monoisotopic (exact) mass is 563 g/mol. The molecule has 3 aromatic rings. The fraction of sp³-hybridized carbons (Fsp3) is 0.393. The van der Waals surface area contributed by atoms with E-state index in [1.165, 1.54) is 12.1 Å². The molecule has 1 aromatic heterocycles. The van der Waals surface area contributed by atoms with Crippen LogP contribution >= 0.6 is 0 Å². The van der Waals surface area contributed by atoms with Crippen LogP contribution in [0.1, 0.15) is 48.6 Å². The number of nitrogens with one attached hydrogen (secondary N) is 1. The first kappa shape index (κ1) is 27.5. The van der Waals surface area contributed by atoms with Crippen molar-refractivity contribution in [1.82, 2.24) is 14.5 Å². The Balaban J connectivity index is 1.32. The number of rotatable bonds is 8. The quantitative estimate of drug-likeness (QED) is 0.374. The lowest BCUT2D eigenvalue weighted by Gasteiger charge is -2.42. The lowest BCUT2D eigenvalue weighted by atomic mass is 9.65. The zero-order valence-electron chi connectivity index (χ0n) is 21.3. The molecule has 1 saturated carbocycles. The van der Waals surface area contributed by atoms with Gasteiger partial charge in [0.05, 0.1) is 23.2 Å². The number of hydrogen-bond acceptors (Lipinski definition) is 4. The molecule has 0 bridgehead atoms. The molecule has 0 amide bonds. The summed E-state index contributed by atoms with van der Waals surface area (Å²) in [6, 6.07) is 13.1. The molecule has 2 aliphatic carbocycles. The molecular weight excluding hydrogens is 534 g/mol. The molecule has 1 fully saturated rings. The maximum Gasteiger partial charge on any atom is 0.404 e. The highest BCUT2D eigenvalue weighted by atomic mass is 32.2. The van der Waals surface area contributed by atoms with Crippen molar-refractivity contribution < 1.29 is 31.1 Å². The Kier molecular flexibility index (Phi) is 6.97. The highest BCUT2D eigenvalue weighted by Gasteiger charge is 2.54. The maximum atomic E-state index is 13.4. The Hall–Kier alpha value is -3.02. The van der Waals surface area contributed by atoms with Crippen molar-refractivity contribution in [3.05, 3.63) is 88.5 Å². The van der Waals surface area contributed by atoms with Gasteiger partial charge in [-0.05, 0) is 79.1 Å². The predicted octanol–water partition coefficient (Wildman–Crippen LogP) is 5.10. The third kappa shape index (κ3) is 5.53. The second-order valence-electron chi connectivity index (χ2n) is 10.6. The van der Waals surface area contributed by atoms with Gasteiger partial charge in [-0.3, -0.25) is 0 Å². The SMILES string of the molecule is C[C@]12Cc3cnn(-c4ccc(F)cc4)c3C=C1CC[C@@]2(O)CCc1ccccc1CNS(=O)(=O)CC(F)(F)F. The molecule has 5 rings (SSSR count). The first-order valence-corrected chi connectivity index (χ1v) is 14.3. The Bertz CT molecular complexity index is 1520. The van der Waals surface area contributed by atoms with Crippen LogP contribution in [-0.4, -0.2) is 40.8 Å². The molecule has 0 saturated heterocycles. The van der Waals surface area contributed by atoms with E-state index < -0.39 is 33.0 Å². The van der Waals surface area contributed by atoms with Gasteiger partial charge in [-0.25, -0.2) is 22.2 Å². The van der Waals surface area contributed by atoms with Gasteiger partial charge in [0.2, 0.25) is 10.0 Å². The van der Waals surface area contributed by atoms with Crippen molar-refractivity contribution in [2.45, 2.75) is 57.3 Å². The highest BCUT2D eigenvalue weighted by Crippen LogP contribution is 2.56. The number of aliphatic hydroxyl groups is 1. The summed E-state index contributed by atoms with van der Waals surface area (Å²) in [5.41, 5.74) is 3.49. The van der Waals surface area contributed by atoms with E-state index in [-0.39, 0.29) is 12.4 Å². The van der Waals surface area contributed by atoms with Gasteiger partial charge < -0.3 is 5.11 Å². The summed E-state index contributed by atoms with van der Waals surface area (Å²) in [7, 11) is -4.53. The fourth-order valence-electron chi connectivity index (χ4n) is 5.89. The Labute approximate surface area is 224 Å². The molecule has 11 heteroatoms. The van der Waals surface area contributed by atoms with Crippen LogP contribution in [-0.2, 0) is 29.4 Å². The largest absolute Gasteiger partial charge is 0.404 e. The van der Waals surface area contributed by atoms with Gasteiger partial charge >= 0.3 is 6.18 Å². The lowest BCUT2D eigenvalue weighted by molar-refractivity contribution is -0.106. The van der Waals surface area contributed by atoms with Gasteiger partial charge in [0.1, 0.15) is 5.82 Å². The maximum absolute atomic E-state index is 13.4. The summed E-state index contributed by atoms with van der Waals surface area (Å²) in [5, 5.41) is 16.4. The van der Waals surface area contributed by atoms with Gasteiger partial charge in [0.25, 0.3) is 0 Å². The number of nitrogens with zero attached hydrogens (tertiary/aromatic N) is 2. The van der Waals surface area contributed by atoms with Crippen LogP contribution in [0.4, 0.5) is 17.6 Å². The Morgan fingerprint density at radius 2 is 1.79 bits per heavy atom. The number of fused-ring (bicyclic) bond motifs is 2. The zero-order chi connectivity index (χ0) is 28.1. The third-order valence-electron chi connectivity index (χ3n) is 8.12.